The molecule has 0 radical (unpaired) electrons. The lowest BCUT2D eigenvalue weighted by Crippen LogP contribution is -2.12. The van der Waals surface area contributed by atoms with E-state index < -0.39 is 0 Å². The second kappa shape index (κ2) is 7.39. The number of nitrogens with one attached hydrogen (secondary N) is 1. The summed E-state index contributed by atoms with van der Waals surface area (Å²) in [7, 11) is 1.64. The molecule has 6 heteroatoms. The average molecular weight is 232 g/mol. The van der Waals surface area contributed by atoms with Crippen molar-refractivity contribution in [2.75, 3.05) is 38.8 Å². The van der Waals surface area contributed by atoms with Crippen molar-refractivity contribution >= 4 is 17.4 Å². The van der Waals surface area contributed by atoms with E-state index in [1.54, 1.807) is 19.4 Å². The smallest absolute Gasteiger partial charge is 0.224 e. The third-order valence-corrected chi connectivity index (χ3v) is 1.79. The molecule has 1 heterocycles. The third kappa shape index (κ3) is 5.51. The van der Waals surface area contributed by atoms with Crippen LogP contribution in [0.1, 0.15) is 0 Å². The van der Waals surface area contributed by atoms with Gasteiger partial charge in [0.1, 0.15) is 5.82 Å². The van der Waals surface area contributed by atoms with Crippen LogP contribution in [0.3, 0.4) is 0 Å². The number of methoxy groups -OCH3 is 1. The van der Waals surface area contributed by atoms with Crippen molar-refractivity contribution in [3.63, 3.8) is 0 Å². The van der Waals surface area contributed by atoms with Gasteiger partial charge in [-0.1, -0.05) is 0 Å². The van der Waals surface area contributed by atoms with Crippen LogP contribution in [0.25, 0.3) is 0 Å². The van der Waals surface area contributed by atoms with Crippen molar-refractivity contribution in [2.24, 2.45) is 0 Å². The fourth-order valence-corrected chi connectivity index (χ4v) is 1.08. The van der Waals surface area contributed by atoms with Gasteiger partial charge in [-0.2, -0.15) is 0 Å². The molecule has 0 fully saturated rings. The van der Waals surface area contributed by atoms with Gasteiger partial charge in [0.15, 0.2) is 0 Å². The molecule has 0 saturated heterocycles. The molecule has 5 nitrogen and oxygen atoms in total. The first-order chi connectivity index (χ1) is 7.33. The molecule has 0 bridgehead atoms. The van der Waals surface area contributed by atoms with Crippen molar-refractivity contribution in [1.29, 1.82) is 0 Å². The fraction of sp³-hybridized carbons (Fsp3) is 0.556. The molecule has 0 spiro atoms. The molecule has 0 unspecified atom stereocenters. The van der Waals surface area contributed by atoms with Crippen LogP contribution in [0.2, 0.25) is 5.28 Å². The summed E-state index contributed by atoms with van der Waals surface area (Å²) in [4.78, 5) is 7.75. The molecular weight excluding hydrogens is 218 g/mol. The minimum atomic E-state index is 0.236. The highest BCUT2D eigenvalue weighted by Crippen LogP contribution is 2.04. The Morgan fingerprint density at radius 1 is 1.40 bits per heavy atom. The molecular formula is C9H14ClN3O2. The van der Waals surface area contributed by atoms with Gasteiger partial charge in [0, 0.05) is 19.9 Å². The molecule has 0 aliphatic rings. The third-order valence-electron chi connectivity index (χ3n) is 1.61. The Labute approximate surface area is 93.8 Å². The standard InChI is InChI=1S/C9H14ClN3O2/c1-14-6-7-15-5-4-11-8-2-3-12-9(10)13-8/h2-3H,4-7H2,1H3,(H,11,12,13). The van der Waals surface area contributed by atoms with Crippen LogP contribution < -0.4 is 5.32 Å². The largest absolute Gasteiger partial charge is 0.382 e. The molecule has 0 atom stereocenters. The van der Waals surface area contributed by atoms with Crippen LogP contribution in [0.5, 0.6) is 0 Å². The van der Waals surface area contributed by atoms with Gasteiger partial charge < -0.3 is 14.8 Å². The SMILES string of the molecule is COCCOCCNc1ccnc(Cl)n1. The van der Waals surface area contributed by atoms with Crippen LogP contribution in [0.15, 0.2) is 12.3 Å². The summed E-state index contributed by atoms with van der Waals surface area (Å²) in [6.45, 7) is 2.49. The quantitative estimate of drug-likeness (QED) is 0.565. The highest BCUT2D eigenvalue weighted by Gasteiger charge is 1.95. The maximum absolute atomic E-state index is 5.62. The van der Waals surface area contributed by atoms with E-state index in [0.29, 0.717) is 32.2 Å². The van der Waals surface area contributed by atoms with Gasteiger partial charge in [-0.05, 0) is 17.7 Å². The Hall–Kier alpha value is -0.910. The minimum Gasteiger partial charge on any atom is -0.382 e. The monoisotopic (exact) mass is 231 g/mol. The molecule has 1 N–H and O–H groups in total. The van der Waals surface area contributed by atoms with Gasteiger partial charge in [0.2, 0.25) is 5.28 Å². The number of hydrogen-bond acceptors (Lipinski definition) is 5. The van der Waals surface area contributed by atoms with Crippen LogP contribution in [0.4, 0.5) is 5.82 Å². The van der Waals surface area contributed by atoms with E-state index >= 15 is 0 Å². The lowest BCUT2D eigenvalue weighted by Gasteiger charge is -2.06. The summed E-state index contributed by atoms with van der Waals surface area (Å²) < 4.78 is 10.1. The van der Waals surface area contributed by atoms with Gasteiger partial charge >= 0.3 is 0 Å². The van der Waals surface area contributed by atoms with E-state index in [0.717, 1.165) is 0 Å². The number of nitrogens with zero attached hydrogens (tertiary/aromatic N) is 2. The van der Waals surface area contributed by atoms with Gasteiger partial charge in [0.25, 0.3) is 0 Å². The fourth-order valence-electron chi connectivity index (χ4n) is 0.929. The zero-order chi connectivity index (χ0) is 10.9. The predicted molar refractivity (Wildman–Crippen MR) is 58.2 cm³/mol. The molecule has 0 aliphatic carbocycles. The number of ether oxygens (including phenoxy) is 2. The van der Waals surface area contributed by atoms with Gasteiger partial charge in [0.05, 0.1) is 19.8 Å². The number of halogens is 1. The second-order valence-corrected chi connectivity index (χ2v) is 3.08. The molecule has 0 amide bonds. The predicted octanol–water partition coefficient (Wildman–Crippen LogP) is 1.20. The van der Waals surface area contributed by atoms with Crippen molar-refractivity contribution in [1.82, 2.24) is 9.97 Å². The zero-order valence-electron chi connectivity index (χ0n) is 8.57. The summed E-state index contributed by atoms with van der Waals surface area (Å²) in [5.74, 6) is 0.699. The molecule has 15 heavy (non-hydrogen) atoms. The Balaban J connectivity index is 2.10. The van der Waals surface area contributed by atoms with Gasteiger partial charge in [-0.3, -0.25) is 0 Å². The summed E-state index contributed by atoms with van der Waals surface area (Å²) >= 11 is 5.62. The molecule has 84 valence electrons. The van der Waals surface area contributed by atoms with E-state index in [1.165, 1.54) is 0 Å². The average Bonchev–Trinajstić information content (AvgIpc) is 2.23. The van der Waals surface area contributed by atoms with Crippen molar-refractivity contribution in [3.05, 3.63) is 17.5 Å². The number of hydrogen-bond donors (Lipinski definition) is 1. The Kier molecular flexibility index (Phi) is 5.99. The Bertz CT molecular complexity index is 286. The van der Waals surface area contributed by atoms with E-state index in [2.05, 4.69) is 15.3 Å². The van der Waals surface area contributed by atoms with E-state index in [1.807, 2.05) is 0 Å². The Morgan fingerprint density at radius 3 is 3.00 bits per heavy atom. The molecule has 1 aromatic heterocycles. The van der Waals surface area contributed by atoms with Gasteiger partial charge in [-0.25, -0.2) is 9.97 Å². The van der Waals surface area contributed by atoms with Crippen LogP contribution in [-0.2, 0) is 9.47 Å². The minimum absolute atomic E-state index is 0.236. The van der Waals surface area contributed by atoms with Crippen LogP contribution >= 0.6 is 11.6 Å². The maximum Gasteiger partial charge on any atom is 0.224 e. The first-order valence-corrected chi connectivity index (χ1v) is 5.00. The summed E-state index contributed by atoms with van der Waals surface area (Å²) in [5.41, 5.74) is 0. The normalized spacial score (nSPS) is 10.3. The highest BCUT2D eigenvalue weighted by molar-refractivity contribution is 6.28. The van der Waals surface area contributed by atoms with E-state index in [9.17, 15) is 0 Å². The van der Waals surface area contributed by atoms with Crippen molar-refractivity contribution in [3.8, 4) is 0 Å². The first-order valence-electron chi connectivity index (χ1n) is 4.62. The Morgan fingerprint density at radius 2 is 2.27 bits per heavy atom. The lowest BCUT2D eigenvalue weighted by molar-refractivity contribution is 0.0759. The summed E-state index contributed by atoms with van der Waals surface area (Å²) in [5, 5.41) is 3.30. The van der Waals surface area contributed by atoms with Crippen molar-refractivity contribution in [2.45, 2.75) is 0 Å². The topological polar surface area (TPSA) is 56.3 Å². The maximum atomic E-state index is 5.62. The van der Waals surface area contributed by atoms with Crippen LogP contribution in [-0.4, -0.2) is 43.4 Å². The van der Waals surface area contributed by atoms with Gasteiger partial charge in [-0.15, -0.1) is 0 Å². The molecule has 0 aliphatic heterocycles. The summed E-state index contributed by atoms with van der Waals surface area (Å²) in [6, 6.07) is 1.75. The zero-order valence-corrected chi connectivity index (χ0v) is 9.33. The molecule has 1 rings (SSSR count). The number of aromatic nitrogens is 2. The second-order valence-electron chi connectivity index (χ2n) is 2.74. The first kappa shape index (κ1) is 12.2. The lowest BCUT2D eigenvalue weighted by atomic mass is 10.5. The van der Waals surface area contributed by atoms with E-state index in [4.69, 9.17) is 21.1 Å². The highest BCUT2D eigenvalue weighted by atomic mass is 35.5. The molecule has 1 aromatic rings. The van der Waals surface area contributed by atoms with E-state index in [-0.39, 0.29) is 5.28 Å². The number of rotatable bonds is 7. The molecule has 0 aromatic carbocycles. The van der Waals surface area contributed by atoms with Crippen molar-refractivity contribution < 1.29 is 9.47 Å². The molecule has 0 saturated carbocycles. The number of anilines is 1. The van der Waals surface area contributed by atoms with Crippen LogP contribution in [0, 0.1) is 0 Å². The summed E-state index contributed by atoms with van der Waals surface area (Å²) in [6.07, 6.45) is 1.60.